The molecule has 2 N–H and O–H groups in total. The van der Waals surface area contributed by atoms with Gasteiger partial charge in [-0.25, -0.2) is 0 Å². The highest BCUT2D eigenvalue weighted by molar-refractivity contribution is 5.79. The molecule has 0 spiro atoms. The van der Waals surface area contributed by atoms with Crippen LogP contribution in [0.2, 0.25) is 0 Å². The maximum Gasteiger partial charge on any atom is 0.191 e. The van der Waals surface area contributed by atoms with Crippen molar-refractivity contribution in [2.24, 2.45) is 4.99 Å². The Bertz CT molecular complexity index is 454. The molecular formula is C16H31N5O2. The highest BCUT2D eigenvalue weighted by Gasteiger charge is 2.08. The first-order valence-corrected chi connectivity index (χ1v) is 8.12. The number of aryl methyl sites for hydroxylation is 2. The molecule has 1 heterocycles. The first-order chi connectivity index (χ1) is 11.1. The van der Waals surface area contributed by atoms with E-state index in [1.54, 1.807) is 14.2 Å². The molecule has 7 nitrogen and oxygen atoms in total. The zero-order chi connectivity index (χ0) is 17.1. The van der Waals surface area contributed by atoms with Crippen molar-refractivity contribution >= 4 is 5.96 Å². The molecule has 0 radical (unpaired) electrons. The topological polar surface area (TPSA) is 74.9 Å². The van der Waals surface area contributed by atoms with Crippen LogP contribution in [0.3, 0.4) is 0 Å². The number of hydrogen-bond donors (Lipinski definition) is 2. The lowest BCUT2D eigenvalue weighted by Crippen LogP contribution is -2.41. The van der Waals surface area contributed by atoms with Crippen LogP contribution in [0.5, 0.6) is 0 Å². The fourth-order valence-corrected chi connectivity index (χ4v) is 2.34. The summed E-state index contributed by atoms with van der Waals surface area (Å²) in [4.78, 5) is 6.52. The van der Waals surface area contributed by atoms with Gasteiger partial charge in [-0.15, -0.1) is 0 Å². The van der Waals surface area contributed by atoms with E-state index in [1.807, 2.05) is 13.8 Å². The Kier molecular flexibility index (Phi) is 9.31. The number of rotatable bonds is 10. The molecule has 1 aromatic heterocycles. The average Bonchev–Trinajstić information content (AvgIpc) is 2.85. The molecule has 0 aliphatic rings. The van der Waals surface area contributed by atoms with Crippen molar-refractivity contribution in [3.8, 4) is 0 Å². The van der Waals surface area contributed by atoms with E-state index < -0.39 is 0 Å². The Morgan fingerprint density at radius 3 is 2.61 bits per heavy atom. The summed E-state index contributed by atoms with van der Waals surface area (Å²) >= 11 is 0. The maximum atomic E-state index is 5.17. The monoisotopic (exact) mass is 325 g/mol. The van der Waals surface area contributed by atoms with E-state index in [9.17, 15) is 0 Å². The van der Waals surface area contributed by atoms with Crippen LogP contribution in [0.1, 0.15) is 23.4 Å². The van der Waals surface area contributed by atoms with Gasteiger partial charge in [-0.3, -0.25) is 4.99 Å². The SMILES string of the molecule is CN=C(NCCc1c(C)noc1C)NCCN(C)CCCOC. The summed E-state index contributed by atoms with van der Waals surface area (Å²) in [6.07, 6.45) is 1.93. The zero-order valence-corrected chi connectivity index (χ0v) is 15.1. The van der Waals surface area contributed by atoms with E-state index in [0.29, 0.717) is 0 Å². The second-order valence-corrected chi connectivity index (χ2v) is 5.63. The number of aliphatic imine (C=N–C) groups is 1. The number of methoxy groups -OCH3 is 1. The van der Waals surface area contributed by atoms with E-state index in [4.69, 9.17) is 9.26 Å². The van der Waals surface area contributed by atoms with Gasteiger partial charge in [0, 0.05) is 52.5 Å². The molecule has 0 aliphatic heterocycles. The first kappa shape index (κ1) is 19.4. The second-order valence-electron chi connectivity index (χ2n) is 5.63. The molecule has 0 amide bonds. The number of nitrogens with one attached hydrogen (secondary N) is 2. The summed E-state index contributed by atoms with van der Waals surface area (Å²) in [6, 6.07) is 0. The molecule has 0 unspecified atom stereocenters. The van der Waals surface area contributed by atoms with Gasteiger partial charge in [0.15, 0.2) is 5.96 Å². The van der Waals surface area contributed by atoms with Crippen molar-refractivity contribution in [3.63, 3.8) is 0 Å². The van der Waals surface area contributed by atoms with Crippen LogP contribution >= 0.6 is 0 Å². The maximum absolute atomic E-state index is 5.17. The quantitative estimate of drug-likeness (QED) is 0.379. The predicted molar refractivity (Wildman–Crippen MR) is 93.0 cm³/mol. The third-order valence-electron chi connectivity index (χ3n) is 3.75. The van der Waals surface area contributed by atoms with Crippen molar-refractivity contribution in [1.29, 1.82) is 0 Å². The van der Waals surface area contributed by atoms with Crippen LogP contribution in [0.4, 0.5) is 0 Å². The van der Waals surface area contributed by atoms with E-state index >= 15 is 0 Å². The van der Waals surface area contributed by atoms with E-state index in [2.05, 4.69) is 32.7 Å². The van der Waals surface area contributed by atoms with Crippen molar-refractivity contribution in [3.05, 3.63) is 17.0 Å². The minimum atomic E-state index is 0.798. The van der Waals surface area contributed by atoms with Gasteiger partial charge < -0.3 is 24.8 Å². The molecule has 0 saturated carbocycles. The van der Waals surface area contributed by atoms with Gasteiger partial charge in [0.2, 0.25) is 0 Å². The first-order valence-electron chi connectivity index (χ1n) is 8.12. The molecule has 0 saturated heterocycles. The molecule has 0 aromatic carbocycles. The van der Waals surface area contributed by atoms with Gasteiger partial charge in [0.1, 0.15) is 5.76 Å². The molecule has 7 heteroatoms. The summed E-state index contributed by atoms with van der Waals surface area (Å²) in [5, 5.41) is 10.6. The van der Waals surface area contributed by atoms with Crippen molar-refractivity contribution in [2.75, 3.05) is 54.0 Å². The summed E-state index contributed by atoms with van der Waals surface area (Å²) < 4.78 is 10.2. The molecule has 0 aliphatic carbocycles. The molecular weight excluding hydrogens is 294 g/mol. The van der Waals surface area contributed by atoms with Crippen LogP contribution < -0.4 is 10.6 Å². The Morgan fingerprint density at radius 1 is 1.26 bits per heavy atom. The number of guanidine groups is 1. The van der Waals surface area contributed by atoms with E-state index in [1.165, 1.54) is 5.56 Å². The third kappa shape index (κ3) is 7.47. The molecule has 1 aromatic rings. The molecule has 132 valence electrons. The minimum absolute atomic E-state index is 0.798. The summed E-state index contributed by atoms with van der Waals surface area (Å²) in [6.45, 7) is 8.38. The van der Waals surface area contributed by atoms with Gasteiger partial charge >= 0.3 is 0 Å². The Morgan fingerprint density at radius 2 is 2.00 bits per heavy atom. The van der Waals surface area contributed by atoms with Crippen LogP contribution in [0.15, 0.2) is 9.52 Å². The standard InChI is InChI=1S/C16H31N5O2/c1-13-15(14(2)23-20-13)7-8-18-16(17-3)19-9-11-21(4)10-6-12-22-5/h6-12H2,1-5H3,(H2,17,18,19). The van der Waals surface area contributed by atoms with Gasteiger partial charge in [-0.2, -0.15) is 0 Å². The molecule has 1 rings (SSSR count). The summed E-state index contributed by atoms with van der Waals surface area (Å²) in [5.41, 5.74) is 2.13. The number of likely N-dealkylation sites (N-methyl/N-ethyl adjacent to an activating group) is 1. The fraction of sp³-hybridized carbons (Fsp3) is 0.750. The Labute approximate surface area is 139 Å². The van der Waals surface area contributed by atoms with Crippen molar-refractivity contribution in [2.45, 2.75) is 26.7 Å². The minimum Gasteiger partial charge on any atom is -0.385 e. The molecule has 0 fully saturated rings. The van der Waals surface area contributed by atoms with Gasteiger partial charge in [-0.1, -0.05) is 5.16 Å². The van der Waals surface area contributed by atoms with Crippen LogP contribution in [-0.4, -0.2) is 70.0 Å². The smallest absolute Gasteiger partial charge is 0.191 e. The molecule has 0 bridgehead atoms. The molecule has 23 heavy (non-hydrogen) atoms. The van der Waals surface area contributed by atoms with Crippen molar-refractivity contribution < 1.29 is 9.26 Å². The lowest BCUT2D eigenvalue weighted by Gasteiger charge is -2.18. The van der Waals surface area contributed by atoms with Gasteiger partial charge in [0.05, 0.1) is 5.69 Å². The highest BCUT2D eigenvalue weighted by Crippen LogP contribution is 2.11. The summed E-state index contributed by atoms with van der Waals surface area (Å²) in [7, 11) is 5.64. The number of aromatic nitrogens is 1. The number of nitrogens with zero attached hydrogens (tertiary/aromatic N) is 3. The average molecular weight is 325 g/mol. The van der Waals surface area contributed by atoms with Crippen molar-refractivity contribution in [1.82, 2.24) is 20.7 Å². The predicted octanol–water partition coefficient (Wildman–Crippen LogP) is 0.967. The number of ether oxygens (including phenoxy) is 1. The second kappa shape index (κ2) is 11.0. The van der Waals surface area contributed by atoms with Crippen LogP contribution in [0, 0.1) is 13.8 Å². The van der Waals surface area contributed by atoms with Gasteiger partial charge in [0.25, 0.3) is 0 Å². The lowest BCUT2D eigenvalue weighted by atomic mass is 10.1. The molecule has 0 atom stereocenters. The summed E-state index contributed by atoms with van der Waals surface area (Å²) in [5.74, 6) is 1.71. The highest BCUT2D eigenvalue weighted by atomic mass is 16.5. The normalized spacial score (nSPS) is 12.0. The van der Waals surface area contributed by atoms with E-state index in [0.717, 1.165) is 63.0 Å². The Balaban J connectivity index is 2.20. The van der Waals surface area contributed by atoms with E-state index in [-0.39, 0.29) is 0 Å². The Hall–Kier alpha value is -1.60. The van der Waals surface area contributed by atoms with Gasteiger partial charge in [-0.05, 0) is 33.7 Å². The lowest BCUT2D eigenvalue weighted by molar-refractivity contribution is 0.180. The fourth-order valence-electron chi connectivity index (χ4n) is 2.34. The van der Waals surface area contributed by atoms with Crippen LogP contribution in [0.25, 0.3) is 0 Å². The number of hydrogen-bond acceptors (Lipinski definition) is 5. The van der Waals surface area contributed by atoms with Crippen LogP contribution in [-0.2, 0) is 11.2 Å². The third-order valence-corrected chi connectivity index (χ3v) is 3.75. The largest absolute Gasteiger partial charge is 0.385 e. The zero-order valence-electron chi connectivity index (χ0n) is 15.1.